The van der Waals surface area contributed by atoms with Gasteiger partial charge in [-0.05, 0) is 66.0 Å². The van der Waals surface area contributed by atoms with Gasteiger partial charge in [0.1, 0.15) is 12.3 Å². The van der Waals surface area contributed by atoms with E-state index in [1.54, 1.807) is 18.3 Å². The lowest BCUT2D eigenvalue weighted by Crippen LogP contribution is -2.18. The van der Waals surface area contributed by atoms with Gasteiger partial charge in [0.25, 0.3) is 0 Å². The zero-order valence-electron chi connectivity index (χ0n) is 22.9. The van der Waals surface area contributed by atoms with Crippen LogP contribution in [0.4, 0.5) is 32.8 Å². The summed E-state index contributed by atoms with van der Waals surface area (Å²) in [7, 11) is 1.47. The number of hydrogen-bond donors (Lipinski definition) is 4. The van der Waals surface area contributed by atoms with E-state index in [1.165, 1.54) is 18.4 Å². The number of rotatable bonds is 9. The van der Waals surface area contributed by atoms with Gasteiger partial charge in [0.2, 0.25) is 11.9 Å². The smallest absolute Gasteiger partial charge is 0.324 e. The normalized spacial score (nSPS) is 10.8. The molecule has 0 aliphatic rings. The summed E-state index contributed by atoms with van der Waals surface area (Å²) in [5.41, 5.74) is 5.59. The van der Waals surface area contributed by atoms with E-state index in [0.717, 1.165) is 21.9 Å². The Kier molecular flexibility index (Phi) is 8.02. The van der Waals surface area contributed by atoms with Gasteiger partial charge >= 0.3 is 6.03 Å². The van der Waals surface area contributed by atoms with E-state index in [9.17, 15) is 9.59 Å². The largest absolute Gasteiger partial charge is 0.375 e. The number of nitrogens with one attached hydrogen (secondary N) is 4. The maximum Gasteiger partial charge on any atom is 0.324 e. The molecule has 0 saturated carbocycles. The Balaban J connectivity index is 1.30. The number of aromatic nitrogens is 4. The first-order chi connectivity index (χ1) is 21.1. The fourth-order valence-corrected chi connectivity index (χ4v) is 5.11. The van der Waals surface area contributed by atoms with Crippen molar-refractivity contribution in [3.8, 4) is 22.6 Å². The number of pyridine rings is 1. The molecule has 0 aliphatic carbocycles. The second kappa shape index (κ2) is 12.5. The van der Waals surface area contributed by atoms with Crippen LogP contribution in [0.2, 0.25) is 0 Å². The first kappa shape index (κ1) is 27.6. The van der Waals surface area contributed by atoms with Crippen molar-refractivity contribution >= 4 is 56.9 Å². The van der Waals surface area contributed by atoms with Crippen molar-refractivity contribution in [3.63, 3.8) is 0 Å². The van der Waals surface area contributed by atoms with E-state index < -0.39 is 0 Å². The predicted octanol–water partition coefficient (Wildman–Crippen LogP) is 6.49. The highest BCUT2D eigenvalue weighted by atomic mass is 32.1. The molecule has 0 unspecified atom stereocenters. The Labute approximate surface area is 250 Å². The minimum absolute atomic E-state index is 0.0359. The quantitative estimate of drug-likeness (QED) is 0.151. The Morgan fingerprint density at radius 3 is 2.53 bits per heavy atom. The van der Waals surface area contributed by atoms with Crippen LogP contribution < -0.4 is 21.3 Å². The minimum atomic E-state index is -0.330. The lowest BCUT2D eigenvalue weighted by molar-refractivity contribution is -0.119. The number of hydrogen-bond acceptors (Lipinski definition) is 8. The first-order valence-electron chi connectivity index (χ1n) is 13.2. The zero-order chi connectivity index (χ0) is 29.6. The Bertz CT molecular complexity index is 1900. The summed E-state index contributed by atoms with van der Waals surface area (Å²) in [4.78, 5) is 38.6. The summed E-state index contributed by atoms with van der Waals surface area (Å²) in [6, 6.07) is 25.7. The molecule has 4 N–H and O–H groups in total. The number of thiophene rings is 1. The Morgan fingerprint density at radius 1 is 0.860 bits per heavy atom. The third-order valence-corrected chi connectivity index (χ3v) is 7.04. The van der Waals surface area contributed by atoms with Crippen LogP contribution in [0, 0.1) is 0 Å². The Morgan fingerprint density at radius 2 is 1.70 bits per heavy atom. The van der Waals surface area contributed by atoms with Gasteiger partial charge in [0.05, 0.1) is 22.1 Å². The molecule has 6 rings (SSSR count). The zero-order valence-corrected chi connectivity index (χ0v) is 23.8. The number of carbonyl (C=O) groups is 2. The van der Waals surface area contributed by atoms with Crippen molar-refractivity contribution in [1.29, 1.82) is 0 Å². The van der Waals surface area contributed by atoms with Gasteiger partial charge in [0, 0.05) is 42.1 Å². The predicted molar refractivity (Wildman–Crippen MR) is 169 cm³/mol. The second-order valence-electron chi connectivity index (χ2n) is 9.33. The highest BCUT2D eigenvalue weighted by Crippen LogP contribution is 2.33. The number of carbonyl (C=O) groups excluding carboxylic acids is 2. The maximum absolute atomic E-state index is 12.6. The highest BCUT2D eigenvalue weighted by Gasteiger charge is 2.18. The molecule has 0 aliphatic heterocycles. The van der Waals surface area contributed by atoms with Gasteiger partial charge < -0.3 is 20.7 Å². The molecule has 6 aromatic rings. The number of amides is 3. The molecule has 0 spiro atoms. The summed E-state index contributed by atoms with van der Waals surface area (Å²) in [5.74, 6) is 0.121. The number of ether oxygens (including phenoxy) is 1. The highest BCUT2D eigenvalue weighted by molar-refractivity contribution is 7.14. The SMILES string of the molecule is COCC(=O)Nc1cccc(Nc2nccc(-c3c(-c4cccc(NC(=O)Nc5cccs5)c4)nc4ccccn34)n2)c1. The van der Waals surface area contributed by atoms with E-state index in [4.69, 9.17) is 14.7 Å². The van der Waals surface area contributed by atoms with Crippen LogP contribution >= 0.6 is 11.3 Å². The molecule has 12 heteroatoms. The molecule has 2 aromatic carbocycles. The molecular formula is C31H26N8O3S. The molecule has 0 atom stereocenters. The number of nitrogens with zero attached hydrogens (tertiary/aromatic N) is 4. The summed E-state index contributed by atoms with van der Waals surface area (Å²) in [6.07, 6.45) is 3.60. The number of methoxy groups -OCH3 is 1. The van der Waals surface area contributed by atoms with E-state index in [1.807, 2.05) is 88.8 Å². The number of fused-ring (bicyclic) bond motifs is 1. The fourth-order valence-electron chi connectivity index (χ4n) is 4.49. The maximum atomic E-state index is 12.6. The molecule has 11 nitrogen and oxygen atoms in total. The van der Waals surface area contributed by atoms with Gasteiger partial charge in [-0.15, -0.1) is 11.3 Å². The van der Waals surface area contributed by atoms with Crippen LogP contribution in [-0.4, -0.2) is 45.0 Å². The molecule has 214 valence electrons. The number of imidazole rings is 1. The van der Waals surface area contributed by atoms with Crippen molar-refractivity contribution in [2.45, 2.75) is 0 Å². The van der Waals surface area contributed by atoms with E-state index in [0.29, 0.717) is 34.4 Å². The van der Waals surface area contributed by atoms with E-state index in [-0.39, 0.29) is 18.5 Å². The second-order valence-corrected chi connectivity index (χ2v) is 10.3. The average Bonchev–Trinajstić information content (AvgIpc) is 3.66. The molecule has 4 heterocycles. The van der Waals surface area contributed by atoms with Gasteiger partial charge in [-0.1, -0.05) is 24.3 Å². The summed E-state index contributed by atoms with van der Waals surface area (Å²) < 4.78 is 6.86. The molecular weight excluding hydrogens is 564 g/mol. The van der Waals surface area contributed by atoms with Crippen LogP contribution in [0.3, 0.4) is 0 Å². The van der Waals surface area contributed by atoms with Gasteiger partial charge in [-0.25, -0.2) is 19.7 Å². The third-order valence-electron chi connectivity index (χ3n) is 6.26. The minimum Gasteiger partial charge on any atom is -0.375 e. The third kappa shape index (κ3) is 6.50. The van der Waals surface area contributed by atoms with Crippen molar-refractivity contribution in [2.24, 2.45) is 0 Å². The number of anilines is 5. The molecule has 0 saturated heterocycles. The molecule has 4 aromatic heterocycles. The van der Waals surface area contributed by atoms with E-state index >= 15 is 0 Å². The monoisotopic (exact) mass is 590 g/mol. The molecule has 0 bridgehead atoms. The van der Waals surface area contributed by atoms with Crippen LogP contribution in [0.1, 0.15) is 0 Å². The first-order valence-corrected chi connectivity index (χ1v) is 14.1. The van der Waals surface area contributed by atoms with Gasteiger partial charge in [0.15, 0.2) is 0 Å². The summed E-state index contributed by atoms with van der Waals surface area (Å²) in [5, 5.41) is 14.4. The average molecular weight is 591 g/mol. The van der Waals surface area contributed by atoms with Crippen molar-refractivity contribution in [2.75, 3.05) is 35.0 Å². The molecule has 0 radical (unpaired) electrons. The van der Waals surface area contributed by atoms with Crippen molar-refractivity contribution < 1.29 is 14.3 Å². The number of benzene rings is 2. The van der Waals surface area contributed by atoms with Crippen molar-refractivity contribution in [1.82, 2.24) is 19.4 Å². The van der Waals surface area contributed by atoms with Gasteiger partial charge in [-0.2, -0.15) is 0 Å². The van der Waals surface area contributed by atoms with Crippen molar-refractivity contribution in [3.05, 3.63) is 103 Å². The molecule has 3 amide bonds. The van der Waals surface area contributed by atoms with Crippen LogP contribution in [0.25, 0.3) is 28.3 Å². The molecule has 0 fully saturated rings. The Hall–Kier alpha value is -5.59. The van der Waals surface area contributed by atoms with Crippen LogP contribution in [-0.2, 0) is 9.53 Å². The number of urea groups is 1. The standard InChI is InChI=1S/C31H26N8O3S/c1-42-19-26(40)33-22-9-5-10-23(18-22)34-30-32-14-13-24(36-30)29-28(37-25-11-2-3-15-39(25)29)20-7-4-8-21(17-20)35-31(41)38-27-12-6-16-43-27/h2-18H,19H2,1H3,(H,33,40)(H,32,34,36)(H2,35,38,41). The van der Waals surface area contributed by atoms with Crippen LogP contribution in [0.5, 0.6) is 0 Å². The molecule has 43 heavy (non-hydrogen) atoms. The lowest BCUT2D eigenvalue weighted by atomic mass is 10.1. The topological polar surface area (TPSA) is 135 Å². The summed E-state index contributed by atoms with van der Waals surface area (Å²) in [6.45, 7) is -0.0359. The summed E-state index contributed by atoms with van der Waals surface area (Å²) >= 11 is 1.45. The van der Waals surface area contributed by atoms with Crippen LogP contribution in [0.15, 0.2) is 103 Å². The fraction of sp³-hybridized carbons (Fsp3) is 0.0645. The van der Waals surface area contributed by atoms with Gasteiger partial charge in [-0.3, -0.25) is 14.5 Å². The van der Waals surface area contributed by atoms with E-state index in [2.05, 4.69) is 26.3 Å². The lowest BCUT2D eigenvalue weighted by Gasteiger charge is -2.11.